The van der Waals surface area contributed by atoms with Crippen molar-refractivity contribution >= 4 is 29.2 Å². The molecule has 0 saturated carbocycles. The summed E-state index contributed by atoms with van der Waals surface area (Å²) in [6.45, 7) is 5.69. The number of rotatable bonds is 3. The summed E-state index contributed by atoms with van der Waals surface area (Å²) in [7, 11) is 1.56. The van der Waals surface area contributed by atoms with Crippen LogP contribution in [0.1, 0.15) is 38.4 Å². The van der Waals surface area contributed by atoms with Crippen LogP contribution in [-0.2, 0) is 22.4 Å². The number of nitrogens with zero attached hydrogens (tertiary/aromatic N) is 3. The Morgan fingerprint density at radius 3 is 2.81 bits per heavy atom. The highest BCUT2D eigenvalue weighted by Gasteiger charge is 2.28. The topological polar surface area (TPSA) is 106 Å². The first kappa shape index (κ1) is 20.9. The van der Waals surface area contributed by atoms with Crippen molar-refractivity contribution < 1.29 is 19.1 Å². The fraction of sp³-hybridized carbons (Fsp3) is 0.455. The quantitative estimate of drug-likeness (QED) is 0.779. The second kappa shape index (κ2) is 8.05. The second-order valence-electron chi connectivity index (χ2n) is 8.77. The summed E-state index contributed by atoms with van der Waals surface area (Å²) in [5.41, 5.74) is 2.95. The molecule has 9 heteroatoms. The zero-order chi connectivity index (χ0) is 22.2. The molecule has 0 fully saturated rings. The lowest BCUT2D eigenvalue weighted by Gasteiger charge is -2.31. The molecule has 31 heavy (non-hydrogen) atoms. The zero-order valence-corrected chi connectivity index (χ0v) is 18.2. The Bertz CT molecular complexity index is 1020. The number of carbonyl (C=O) groups excluding carboxylic acids is 2. The SMILES string of the molecule is COc1cnc2c(c1)NC(=O)CN2c1cnc2c(c1)CCC(NC(=O)OC(C)(C)C)C2. The Kier molecular flexibility index (Phi) is 5.43. The van der Waals surface area contributed by atoms with Gasteiger partial charge in [-0.3, -0.25) is 9.78 Å². The molecule has 0 bridgehead atoms. The Labute approximate surface area is 181 Å². The van der Waals surface area contributed by atoms with Crippen LogP contribution < -0.4 is 20.3 Å². The first-order chi connectivity index (χ1) is 14.7. The van der Waals surface area contributed by atoms with E-state index in [9.17, 15) is 9.59 Å². The van der Waals surface area contributed by atoms with E-state index < -0.39 is 11.7 Å². The summed E-state index contributed by atoms with van der Waals surface area (Å²) >= 11 is 0. The van der Waals surface area contributed by atoms with Crippen LogP contribution in [0.2, 0.25) is 0 Å². The van der Waals surface area contributed by atoms with Crippen LogP contribution in [0.15, 0.2) is 24.5 Å². The minimum Gasteiger partial charge on any atom is -0.495 e. The summed E-state index contributed by atoms with van der Waals surface area (Å²) in [4.78, 5) is 35.3. The van der Waals surface area contributed by atoms with Crippen molar-refractivity contribution in [1.29, 1.82) is 0 Å². The molecule has 1 atom stereocenters. The van der Waals surface area contributed by atoms with Gasteiger partial charge in [0.05, 0.1) is 30.9 Å². The molecular formula is C22H27N5O4. The van der Waals surface area contributed by atoms with Gasteiger partial charge in [0.1, 0.15) is 17.9 Å². The van der Waals surface area contributed by atoms with Crippen molar-refractivity contribution in [2.45, 2.75) is 51.7 Å². The standard InChI is InChI=1S/C22H27N5O4/c1-22(2,3)31-21(29)25-14-6-5-13-7-15(10-23-17(13)8-14)27-12-19(28)26-18-9-16(30-4)11-24-20(18)27/h7,9-11,14H,5-6,8,12H2,1-4H3,(H,25,29)(H,26,28). The smallest absolute Gasteiger partial charge is 0.407 e. The average Bonchev–Trinajstić information content (AvgIpc) is 2.70. The molecule has 2 aromatic rings. The number of aryl methyl sites for hydroxylation is 1. The lowest BCUT2D eigenvalue weighted by molar-refractivity contribution is -0.115. The maximum Gasteiger partial charge on any atom is 0.407 e. The number of anilines is 3. The maximum atomic E-state index is 12.2. The Balaban J connectivity index is 1.52. The summed E-state index contributed by atoms with van der Waals surface area (Å²) in [6.07, 6.45) is 5.19. The number of hydrogen-bond acceptors (Lipinski definition) is 7. The van der Waals surface area contributed by atoms with Crippen molar-refractivity contribution in [3.05, 3.63) is 35.8 Å². The second-order valence-corrected chi connectivity index (χ2v) is 8.77. The normalized spacial score (nSPS) is 17.9. The van der Waals surface area contributed by atoms with E-state index in [-0.39, 0.29) is 18.5 Å². The number of hydrogen-bond donors (Lipinski definition) is 2. The van der Waals surface area contributed by atoms with E-state index in [2.05, 4.69) is 26.7 Å². The predicted molar refractivity (Wildman–Crippen MR) is 116 cm³/mol. The van der Waals surface area contributed by atoms with Crippen LogP contribution in [0.5, 0.6) is 5.75 Å². The average molecular weight is 425 g/mol. The molecule has 2 amide bonds. The maximum absolute atomic E-state index is 12.2. The third-order valence-corrected chi connectivity index (χ3v) is 5.19. The first-order valence-corrected chi connectivity index (χ1v) is 10.3. The molecule has 3 heterocycles. The van der Waals surface area contributed by atoms with E-state index >= 15 is 0 Å². The number of aromatic nitrogens is 2. The molecule has 1 aliphatic heterocycles. The highest BCUT2D eigenvalue weighted by molar-refractivity contribution is 6.02. The van der Waals surface area contributed by atoms with E-state index in [1.54, 1.807) is 25.6 Å². The van der Waals surface area contributed by atoms with E-state index in [1.165, 1.54) is 0 Å². The Morgan fingerprint density at radius 1 is 1.26 bits per heavy atom. The Morgan fingerprint density at radius 2 is 2.06 bits per heavy atom. The summed E-state index contributed by atoms with van der Waals surface area (Å²) < 4.78 is 10.6. The van der Waals surface area contributed by atoms with Crippen molar-refractivity contribution in [3.8, 4) is 5.75 Å². The minimum atomic E-state index is -0.529. The predicted octanol–water partition coefficient (Wildman–Crippen LogP) is 2.96. The number of fused-ring (bicyclic) bond motifs is 2. The fourth-order valence-corrected chi connectivity index (χ4v) is 3.82. The monoisotopic (exact) mass is 425 g/mol. The molecular weight excluding hydrogens is 398 g/mol. The van der Waals surface area contributed by atoms with Crippen LogP contribution >= 0.6 is 0 Å². The number of amides is 2. The third kappa shape index (κ3) is 4.70. The van der Waals surface area contributed by atoms with Crippen molar-refractivity contribution in [3.63, 3.8) is 0 Å². The minimum absolute atomic E-state index is 0.0173. The van der Waals surface area contributed by atoms with E-state index in [0.29, 0.717) is 23.7 Å². The molecule has 1 aliphatic carbocycles. The van der Waals surface area contributed by atoms with Gasteiger partial charge in [0.25, 0.3) is 0 Å². The van der Waals surface area contributed by atoms with Crippen LogP contribution in [0, 0.1) is 0 Å². The number of carbonyl (C=O) groups is 2. The van der Waals surface area contributed by atoms with Gasteiger partial charge in [-0.25, -0.2) is 9.78 Å². The number of alkyl carbamates (subject to hydrolysis) is 1. The summed E-state index contributed by atoms with van der Waals surface area (Å²) in [5, 5.41) is 5.78. The number of methoxy groups -OCH3 is 1. The van der Waals surface area contributed by atoms with Gasteiger partial charge < -0.3 is 25.0 Å². The molecule has 0 saturated heterocycles. The molecule has 2 N–H and O–H groups in total. The van der Waals surface area contributed by atoms with Crippen molar-refractivity contribution in [2.24, 2.45) is 0 Å². The summed E-state index contributed by atoms with van der Waals surface area (Å²) in [6, 6.07) is 3.79. The zero-order valence-electron chi connectivity index (χ0n) is 18.2. The van der Waals surface area contributed by atoms with Gasteiger partial charge in [-0.2, -0.15) is 0 Å². The first-order valence-electron chi connectivity index (χ1n) is 10.3. The van der Waals surface area contributed by atoms with Crippen LogP contribution in [-0.4, -0.2) is 47.3 Å². The van der Waals surface area contributed by atoms with Gasteiger partial charge >= 0.3 is 6.09 Å². The summed E-state index contributed by atoms with van der Waals surface area (Å²) in [5.74, 6) is 1.11. The number of pyridine rings is 2. The highest BCUT2D eigenvalue weighted by atomic mass is 16.6. The number of nitrogens with one attached hydrogen (secondary N) is 2. The lowest BCUT2D eigenvalue weighted by Crippen LogP contribution is -2.42. The van der Waals surface area contributed by atoms with Crippen LogP contribution in [0.3, 0.4) is 0 Å². The lowest BCUT2D eigenvalue weighted by atomic mass is 9.91. The van der Waals surface area contributed by atoms with E-state index in [1.807, 2.05) is 25.7 Å². The molecule has 0 aromatic carbocycles. The molecule has 1 unspecified atom stereocenters. The molecule has 0 spiro atoms. The third-order valence-electron chi connectivity index (χ3n) is 5.19. The van der Waals surface area contributed by atoms with Crippen molar-refractivity contribution in [2.75, 3.05) is 23.9 Å². The van der Waals surface area contributed by atoms with Crippen LogP contribution in [0.4, 0.5) is 22.0 Å². The van der Waals surface area contributed by atoms with Gasteiger partial charge in [0.15, 0.2) is 5.82 Å². The molecule has 0 radical (unpaired) electrons. The molecule has 4 rings (SSSR count). The molecule has 9 nitrogen and oxygen atoms in total. The van der Waals surface area contributed by atoms with Gasteiger partial charge in [-0.05, 0) is 45.2 Å². The fourth-order valence-electron chi connectivity index (χ4n) is 3.82. The van der Waals surface area contributed by atoms with Gasteiger partial charge in [0, 0.05) is 24.2 Å². The van der Waals surface area contributed by atoms with Gasteiger partial charge in [-0.1, -0.05) is 0 Å². The number of ether oxygens (including phenoxy) is 2. The van der Waals surface area contributed by atoms with Gasteiger partial charge in [-0.15, -0.1) is 0 Å². The van der Waals surface area contributed by atoms with E-state index in [0.717, 1.165) is 29.8 Å². The largest absolute Gasteiger partial charge is 0.495 e. The van der Waals surface area contributed by atoms with E-state index in [4.69, 9.17) is 9.47 Å². The Hall–Kier alpha value is -3.36. The highest BCUT2D eigenvalue weighted by Crippen LogP contribution is 2.36. The molecule has 164 valence electrons. The molecule has 2 aliphatic rings. The van der Waals surface area contributed by atoms with Gasteiger partial charge in [0.2, 0.25) is 5.91 Å². The van der Waals surface area contributed by atoms with Crippen molar-refractivity contribution in [1.82, 2.24) is 15.3 Å². The van der Waals surface area contributed by atoms with Crippen LogP contribution in [0.25, 0.3) is 0 Å². The molecule has 2 aromatic heterocycles.